The van der Waals surface area contributed by atoms with Crippen molar-refractivity contribution in [1.29, 1.82) is 5.26 Å². The highest BCUT2D eigenvalue weighted by Crippen LogP contribution is 2.28. The van der Waals surface area contributed by atoms with Gasteiger partial charge in [0.2, 0.25) is 0 Å². The maximum absolute atomic E-state index is 12.9. The highest BCUT2D eigenvalue weighted by Gasteiger charge is 2.26. The van der Waals surface area contributed by atoms with Crippen molar-refractivity contribution in [2.45, 2.75) is 38.9 Å². The molecule has 0 fully saturated rings. The van der Waals surface area contributed by atoms with Crippen LogP contribution in [0.3, 0.4) is 0 Å². The van der Waals surface area contributed by atoms with E-state index in [-0.39, 0.29) is 30.2 Å². The number of urea groups is 1. The molecular weight excluding hydrogens is 400 g/mol. The fraction of sp³-hybridized carbons (Fsp3) is 0.381. The average molecular weight is 424 g/mol. The molecule has 10 nitrogen and oxygen atoms in total. The average Bonchev–Trinajstić information content (AvgIpc) is 2.75. The molecule has 3 rings (SSSR count). The molecule has 1 aliphatic heterocycles. The Morgan fingerprint density at radius 1 is 1.42 bits per heavy atom. The summed E-state index contributed by atoms with van der Waals surface area (Å²) in [4.78, 5) is 34.1. The summed E-state index contributed by atoms with van der Waals surface area (Å²) in [6.45, 7) is 3.56. The Bertz CT molecular complexity index is 1040. The van der Waals surface area contributed by atoms with Gasteiger partial charge in [-0.15, -0.1) is 0 Å². The zero-order valence-electron chi connectivity index (χ0n) is 17.3. The summed E-state index contributed by atoms with van der Waals surface area (Å²) < 4.78 is 0. The Morgan fingerprint density at radius 3 is 2.84 bits per heavy atom. The fourth-order valence-corrected chi connectivity index (χ4v) is 3.23. The third-order valence-electron chi connectivity index (χ3n) is 4.77. The number of amides is 2. The van der Waals surface area contributed by atoms with Crippen molar-refractivity contribution in [2.75, 3.05) is 28.6 Å². The van der Waals surface area contributed by atoms with Crippen LogP contribution in [0.4, 0.5) is 22.1 Å². The Morgan fingerprint density at radius 2 is 2.19 bits per heavy atom. The van der Waals surface area contributed by atoms with Gasteiger partial charge in [-0.1, -0.05) is 0 Å². The molecule has 0 bridgehead atoms. The van der Waals surface area contributed by atoms with Gasteiger partial charge in [0, 0.05) is 30.9 Å². The van der Waals surface area contributed by atoms with E-state index in [1.54, 1.807) is 19.9 Å². The van der Waals surface area contributed by atoms with Crippen LogP contribution in [-0.4, -0.2) is 51.2 Å². The summed E-state index contributed by atoms with van der Waals surface area (Å²) in [6, 6.07) is 4.76. The minimum absolute atomic E-state index is 0.0931. The van der Waals surface area contributed by atoms with Crippen LogP contribution in [0, 0.1) is 11.3 Å². The lowest BCUT2D eigenvalue weighted by molar-refractivity contribution is 0.0945. The Labute approximate surface area is 179 Å². The van der Waals surface area contributed by atoms with Gasteiger partial charge in [0.25, 0.3) is 0 Å². The van der Waals surface area contributed by atoms with Crippen LogP contribution in [0.1, 0.15) is 47.4 Å². The Hall–Kier alpha value is -3.55. The first-order chi connectivity index (χ1) is 14.8. The lowest BCUT2D eigenvalue weighted by atomic mass is 10.0. The first kappa shape index (κ1) is 22.1. The van der Waals surface area contributed by atoms with Crippen molar-refractivity contribution >= 4 is 29.6 Å². The smallest absolute Gasteiger partial charge is 0.328 e. The van der Waals surface area contributed by atoms with Crippen molar-refractivity contribution < 1.29 is 19.8 Å². The number of aldehydes is 1. The summed E-state index contributed by atoms with van der Waals surface area (Å²) >= 11 is 0. The number of fused-ring (bicyclic) bond motifs is 1. The third kappa shape index (κ3) is 5.14. The van der Waals surface area contributed by atoms with Crippen molar-refractivity contribution in [3.05, 3.63) is 40.7 Å². The van der Waals surface area contributed by atoms with E-state index in [2.05, 4.69) is 20.6 Å². The second-order valence-corrected chi connectivity index (χ2v) is 7.87. The van der Waals surface area contributed by atoms with Gasteiger partial charge in [-0.3, -0.25) is 15.0 Å². The highest BCUT2D eigenvalue weighted by molar-refractivity contribution is 6.01. The maximum atomic E-state index is 12.9. The number of aryl methyl sites for hydroxylation is 1. The second kappa shape index (κ2) is 9.07. The molecule has 0 aliphatic carbocycles. The van der Waals surface area contributed by atoms with Crippen molar-refractivity contribution in [3.8, 4) is 6.07 Å². The van der Waals surface area contributed by atoms with E-state index in [1.807, 2.05) is 6.07 Å². The fourth-order valence-electron chi connectivity index (χ4n) is 3.23. The monoisotopic (exact) mass is 424 g/mol. The van der Waals surface area contributed by atoms with Gasteiger partial charge in [-0.25, -0.2) is 14.8 Å². The van der Waals surface area contributed by atoms with Crippen molar-refractivity contribution in [2.24, 2.45) is 0 Å². The molecule has 1 aliphatic rings. The number of nitrogens with one attached hydrogen (secondary N) is 2. The molecule has 0 saturated heterocycles. The summed E-state index contributed by atoms with van der Waals surface area (Å²) in [5.41, 5.74) is 1.01. The van der Waals surface area contributed by atoms with Gasteiger partial charge in [-0.05, 0) is 38.3 Å². The van der Waals surface area contributed by atoms with Crippen LogP contribution in [-0.2, 0) is 13.0 Å². The zero-order valence-corrected chi connectivity index (χ0v) is 17.3. The van der Waals surface area contributed by atoms with E-state index in [4.69, 9.17) is 0 Å². The maximum Gasteiger partial charge on any atom is 0.328 e. The Kier molecular flexibility index (Phi) is 6.48. The summed E-state index contributed by atoms with van der Waals surface area (Å²) in [7, 11) is 0. The molecule has 0 saturated carbocycles. The normalized spacial score (nSPS) is 13.2. The number of aromatic nitrogens is 2. The molecule has 0 spiro atoms. The lowest BCUT2D eigenvalue weighted by Gasteiger charge is -2.29. The minimum Gasteiger partial charge on any atom is -0.392 e. The van der Waals surface area contributed by atoms with Crippen molar-refractivity contribution in [1.82, 2.24) is 9.97 Å². The van der Waals surface area contributed by atoms with Gasteiger partial charge in [0.05, 0.1) is 23.5 Å². The number of nitrogens with zero attached hydrogens (tertiary/aromatic N) is 4. The molecule has 3 heterocycles. The largest absolute Gasteiger partial charge is 0.392 e. The molecule has 0 unspecified atom stereocenters. The van der Waals surface area contributed by atoms with Crippen LogP contribution in [0.25, 0.3) is 0 Å². The van der Waals surface area contributed by atoms with E-state index in [9.17, 15) is 25.1 Å². The number of hydrogen-bond acceptors (Lipinski definition) is 8. The summed E-state index contributed by atoms with van der Waals surface area (Å²) in [6.07, 6.45) is 3.27. The minimum atomic E-state index is -0.994. The summed E-state index contributed by atoms with van der Waals surface area (Å²) in [5, 5.41) is 34.3. The Balaban J connectivity index is 1.84. The number of rotatable bonds is 6. The molecular formula is C21H24N6O4. The number of carbonyl (C=O) groups is 2. The van der Waals surface area contributed by atoms with Crippen molar-refractivity contribution in [3.63, 3.8) is 0 Å². The molecule has 2 aromatic rings. The lowest BCUT2D eigenvalue weighted by Crippen LogP contribution is -2.40. The SMILES string of the molecule is CC(C)(O)CNc1cc(NC(=O)N2CCCc3cc(CO)c(C=O)nc32)ncc1C#N. The standard InChI is InChI=1S/C21H24N6O4/c1-21(2,31)12-24-16-7-18(23-9-15(16)8-22)26-20(30)27-5-3-4-13-6-14(10-28)17(11-29)25-19(13)27/h6-7,9,11,28,31H,3-5,10,12H2,1-2H3,(H2,23,24,26,30). The number of anilines is 3. The third-order valence-corrected chi connectivity index (χ3v) is 4.77. The van der Waals surface area contributed by atoms with E-state index in [1.165, 1.54) is 17.2 Å². The van der Waals surface area contributed by atoms with E-state index in [0.717, 1.165) is 5.56 Å². The van der Waals surface area contributed by atoms with Crippen LogP contribution < -0.4 is 15.5 Å². The first-order valence-corrected chi connectivity index (χ1v) is 9.79. The molecule has 0 atom stereocenters. The molecule has 0 aromatic carbocycles. The van der Waals surface area contributed by atoms with Gasteiger partial charge in [-0.2, -0.15) is 5.26 Å². The number of aliphatic hydroxyl groups is 2. The van der Waals surface area contributed by atoms with Crippen LogP contribution >= 0.6 is 0 Å². The number of carbonyl (C=O) groups excluding carboxylic acids is 2. The van der Waals surface area contributed by atoms with E-state index >= 15 is 0 Å². The molecule has 162 valence electrons. The van der Waals surface area contributed by atoms with Crippen LogP contribution in [0.15, 0.2) is 18.3 Å². The van der Waals surface area contributed by atoms with Gasteiger partial charge in [0.1, 0.15) is 23.4 Å². The van der Waals surface area contributed by atoms with Gasteiger partial charge in [0.15, 0.2) is 6.29 Å². The molecule has 4 N–H and O–H groups in total. The molecule has 10 heteroatoms. The first-order valence-electron chi connectivity index (χ1n) is 9.79. The predicted octanol–water partition coefficient (Wildman–Crippen LogP) is 1.82. The topological polar surface area (TPSA) is 151 Å². The molecule has 2 amide bonds. The molecule has 0 radical (unpaired) electrons. The zero-order chi connectivity index (χ0) is 22.6. The predicted molar refractivity (Wildman–Crippen MR) is 114 cm³/mol. The van der Waals surface area contributed by atoms with E-state index < -0.39 is 11.6 Å². The quantitative estimate of drug-likeness (QED) is 0.513. The number of nitriles is 1. The highest BCUT2D eigenvalue weighted by atomic mass is 16.3. The molecule has 31 heavy (non-hydrogen) atoms. The van der Waals surface area contributed by atoms with E-state index in [0.29, 0.717) is 42.7 Å². The second-order valence-electron chi connectivity index (χ2n) is 7.87. The number of aliphatic hydroxyl groups excluding tert-OH is 1. The van der Waals surface area contributed by atoms with Gasteiger partial charge >= 0.3 is 6.03 Å². The number of pyridine rings is 2. The number of hydrogen-bond donors (Lipinski definition) is 4. The van der Waals surface area contributed by atoms with Crippen LogP contribution in [0.5, 0.6) is 0 Å². The van der Waals surface area contributed by atoms with Gasteiger partial charge < -0.3 is 15.5 Å². The van der Waals surface area contributed by atoms with Crippen LogP contribution in [0.2, 0.25) is 0 Å². The summed E-state index contributed by atoms with van der Waals surface area (Å²) in [5.74, 6) is 0.592. The molecule has 2 aromatic heterocycles.